The molecule has 0 amide bonds. The minimum absolute atomic E-state index is 0.262. The van der Waals surface area contributed by atoms with Gasteiger partial charge in [-0.15, -0.1) is 11.3 Å². The van der Waals surface area contributed by atoms with Gasteiger partial charge in [0.25, 0.3) is 0 Å². The average Bonchev–Trinajstić information content (AvgIpc) is 2.89. The lowest BCUT2D eigenvalue weighted by Crippen LogP contribution is -2.39. The van der Waals surface area contributed by atoms with Gasteiger partial charge in [-0.2, -0.15) is 0 Å². The fraction of sp³-hybridized carbons (Fsp3) is 0.714. The van der Waals surface area contributed by atoms with E-state index in [1.807, 2.05) is 11.3 Å². The summed E-state index contributed by atoms with van der Waals surface area (Å²) in [5.74, 6) is 0.822. The molecule has 0 radical (unpaired) electrons. The summed E-state index contributed by atoms with van der Waals surface area (Å²) < 4.78 is 0. The van der Waals surface area contributed by atoms with E-state index < -0.39 is 0 Å². The Morgan fingerprint density at radius 1 is 1.53 bits per heavy atom. The van der Waals surface area contributed by atoms with Gasteiger partial charge in [-0.1, -0.05) is 13.8 Å². The molecule has 0 saturated carbocycles. The van der Waals surface area contributed by atoms with Crippen LogP contribution in [0.5, 0.6) is 0 Å². The van der Waals surface area contributed by atoms with Crippen LogP contribution in [0.25, 0.3) is 0 Å². The second-order valence-corrected chi connectivity index (χ2v) is 6.67. The summed E-state index contributed by atoms with van der Waals surface area (Å²) in [6.45, 7) is 9.12. The zero-order valence-electron chi connectivity index (χ0n) is 11.1. The molecule has 1 aromatic rings. The van der Waals surface area contributed by atoms with Crippen LogP contribution in [-0.2, 0) is 0 Å². The third kappa shape index (κ3) is 2.90. The predicted molar refractivity (Wildman–Crippen MR) is 75.4 cm³/mol. The van der Waals surface area contributed by atoms with Crippen LogP contribution in [-0.4, -0.2) is 24.0 Å². The topological polar surface area (TPSA) is 29.3 Å². The SMILES string of the molecule is CCC(N)C(c1ccc(C)s1)N1CCC(C)C1. The molecule has 0 bridgehead atoms. The first-order chi connectivity index (χ1) is 8.11. The van der Waals surface area contributed by atoms with Crippen LogP contribution in [0.2, 0.25) is 0 Å². The molecule has 0 spiro atoms. The van der Waals surface area contributed by atoms with Gasteiger partial charge in [0.2, 0.25) is 0 Å². The molecule has 1 aliphatic heterocycles. The van der Waals surface area contributed by atoms with E-state index in [1.54, 1.807) is 0 Å². The summed E-state index contributed by atoms with van der Waals surface area (Å²) >= 11 is 1.91. The van der Waals surface area contributed by atoms with Crippen molar-refractivity contribution in [2.75, 3.05) is 13.1 Å². The molecule has 0 aliphatic carbocycles. The first-order valence-electron chi connectivity index (χ1n) is 6.67. The molecule has 1 aromatic heterocycles. The number of nitrogens with zero attached hydrogens (tertiary/aromatic N) is 1. The number of likely N-dealkylation sites (tertiary alicyclic amines) is 1. The van der Waals surface area contributed by atoms with Crippen molar-refractivity contribution >= 4 is 11.3 Å². The van der Waals surface area contributed by atoms with Crippen LogP contribution in [0.4, 0.5) is 0 Å². The highest BCUT2D eigenvalue weighted by atomic mass is 32.1. The largest absolute Gasteiger partial charge is 0.326 e. The third-order valence-corrected chi connectivity index (χ3v) is 4.85. The molecular weight excluding hydrogens is 228 g/mol. The number of rotatable bonds is 4. The Kier molecular flexibility index (Phi) is 4.23. The first-order valence-corrected chi connectivity index (χ1v) is 7.49. The fourth-order valence-corrected chi connectivity index (χ4v) is 3.81. The molecule has 96 valence electrons. The van der Waals surface area contributed by atoms with E-state index >= 15 is 0 Å². The van der Waals surface area contributed by atoms with Crippen LogP contribution >= 0.6 is 11.3 Å². The summed E-state index contributed by atoms with van der Waals surface area (Å²) in [5.41, 5.74) is 6.35. The van der Waals surface area contributed by atoms with Crippen LogP contribution in [0.1, 0.15) is 42.5 Å². The molecular formula is C14H24N2S. The Morgan fingerprint density at radius 2 is 2.29 bits per heavy atom. The summed E-state index contributed by atoms with van der Waals surface area (Å²) in [6, 6.07) is 5.18. The maximum atomic E-state index is 6.35. The van der Waals surface area contributed by atoms with E-state index in [9.17, 15) is 0 Å². The number of thiophene rings is 1. The highest BCUT2D eigenvalue weighted by molar-refractivity contribution is 7.12. The first kappa shape index (κ1) is 13.1. The van der Waals surface area contributed by atoms with Crippen molar-refractivity contribution in [3.8, 4) is 0 Å². The molecule has 2 heterocycles. The molecule has 2 N–H and O–H groups in total. The van der Waals surface area contributed by atoms with Gasteiger partial charge in [0.05, 0.1) is 6.04 Å². The zero-order valence-corrected chi connectivity index (χ0v) is 12.0. The molecule has 3 heteroatoms. The van der Waals surface area contributed by atoms with Crippen LogP contribution in [0.3, 0.4) is 0 Å². The Hall–Kier alpha value is -0.380. The van der Waals surface area contributed by atoms with Gasteiger partial charge < -0.3 is 5.73 Å². The van der Waals surface area contributed by atoms with Crippen molar-refractivity contribution in [1.29, 1.82) is 0 Å². The van der Waals surface area contributed by atoms with E-state index in [0.717, 1.165) is 12.3 Å². The summed E-state index contributed by atoms with van der Waals surface area (Å²) in [4.78, 5) is 5.43. The fourth-order valence-electron chi connectivity index (χ4n) is 2.72. The van der Waals surface area contributed by atoms with Gasteiger partial charge in [0.15, 0.2) is 0 Å². The van der Waals surface area contributed by atoms with Crippen LogP contribution < -0.4 is 5.73 Å². The molecule has 1 saturated heterocycles. The predicted octanol–water partition coefficient (Wildman–Crippen LogP) is 3.18. The second-order valence-electron chi connectivity index (χ2n) is 5.35. The second kappa shape index (κ2) is 5.51. The molecule has 3 unspecified atom stereocenters. The highest BCUT2D eigenvalue weighted by Gasteiger charge is 2.31. The minimum Gasteiger partial charge on any atom is -0.326 e. The number of hydrogen-bond donors (Lipinski definition) is 1. The van der Waals surface area contributed by atoms with Crippen molar-refractivity contribution < 1.29 is 0 Å². The van der Waals surface area contributed by atoms with Gasteiger partial charge in [0, 0.05) is 22.3 Å². The van der Waals surface area contributed by atoms with Gasteiger partial charge in [0.1, 0.15) is 0 Å². The van der Waals surface area contributed by atoms with Crippen molar-refractivity contribution in [3.05, 3.63) is 21.9 Å². The van der Waals surface area contributed by atoms with Crippen LogP contribution in [0, 0.1) is 12.8 Å². The van der Waals surface area contributed by atoms with Gasteiger partial charge in [-0.3, -0.25) is 4.90 Å². The molecule has 1 fully saturated rings. The normalized spacial score (nSPS) is 25.1. The van der Waals surface area contributed by atoms with Crippen molar-refractivity contribution in [3.63, 3.8) is 0 Å². The summed E-state index contributed by atoms with van der Waals surface area (Å²) in [6.07, 6.45) is 2.36. The highest BCUT2D eigenvalue weighted by Crippen LogP contribution is 2.34. The monoisotopic (exact) mass is 252 g/mol. The summed E-state index contributed by atoms with van der Waals surface area (Å²) in [7, 11) is 0. The lowest BCUT2D eigenvalue weighted by molar-refractivity contribution is 0.207. The molecule has 0 aromatic carbocycles. The minimum atomic E-state index is 0.262. The van der Waals surface area contributed by atoms with Crippen molar-refractivity contribution in [1.82, 2.24) is 4.90 Å². The number of hydrogen-bond acceptors (Lipinski definition) is 3. The Labute approximate surface area is 109 Å². The number of aryl methyl sites for hydroxylation is 1. The van der Waals surface area contributed by atoms with E-state index in [0.29, 0.717) is 6.04 Å². The molecule has 2 rings (SSSR count). The van der Waals surface area contributed by atoms with Crippen LogP contribution in [0.15, 0.2) is 12.1 Å². The van der Waals surface area contributed by atoms with E-state index in [4.69, 9.17) is 5.73 Å². The Bertz CT molecular complexity index is 361. The quantitative estimate of drug-likeness (QED) is 0.892. The zero-order chi connectivity index (χ0) is 12.4. The molecule has 3 atom stereocenters. The Morgan fingerprint density at radius 3 is 2.76 bits per heavy atom. The maximum Gasteiger partial charge on any atom is 0.0593 e. The van der Waals surface area contributed by atoms with E-state index in [-0.39, 0.29) is 6.04 Å². The van der Waals surface area contributed by atoms with Crippen molar-refractivity contribution in [2.45, 2.75) is 45.7 Å². The van der Waals surface area contributed by atoms with Crippen molar-refractivity contribution in [2.24, 2.45) is 11.7 Å². The smallest absolute Gasteiger partial charge is 0.0593 e. The third-order valence-electron chi connectivity index (χ3n) is 3.78. The summed E-state index contributed by atoms with van der Waals surface area (Å²) in [5, 5.41) is 0. The maximum absolute atomic E-state index is 6.35. The number of nitrogens with two attached hydrogens (primary N) is 1. The van der Waals surface area contributed by atoms with E-state index in [2.05, 4.69) is 37.8 Å². The lowest BCUT2D eigenvalue weighted by Gasteiger charge is -2.31. The molecule has 17 heavy (non-hydrogen) atoms. The van der Waals surface area contributed by atoms with Gasteiger partial charge >= 0.3 is 0 Å². The van der Waals surface area contributed by atoms with Gasteiger partial charge in [-0.05, 0) is 44.4 Å². The average molecular weight is 252 g/mol. The Balaban J connectivity index is 2.19. The molecule has 2 nitrogen and oxygen atoms in total. The van der Waals surface area contributed by atoms with Gasteiger partial charge in [-0.25, -0.2) is 0 Å². The molecule has 1 aliphatic rings. The van der Waals surface area contributed by atoms with E-state index in [1.165, 1.54) is 29.3 Å². The lowest BCUT2D eigenvalue weighted by atomic mass is 10.0. The standard InChI is InChI=1S/C14H24N2S/c1-4-12(15)14(13-6-5-11(3)17-13)16-8-7-10(2)9-16/h5-6,10,12,14H,4,7-9,15H2,1-3H3.